The van der Waals surface area contributed by atoms with Crippen molar-refractivity contribution >= 4 is 29.1 Å². The van der Waals surface area contributed by atoms with Gasteiger partial charge in [0.25, 0.3) is 0 Å². The lowest BCUT2D eigenvalue weighted by Crippen LogP contribution is -2.21. The van der Waals surface area contributed by atoms with E-state index in [1.165, 1.54) is 0 Å². The molecule has 0 saturated carbocycles. The van der Waals surface area contributed by atoms with Crippen LogP contribution in [0.25, 0.3) is 11.4 Å². The van der Waals surface area contributed by atoms with Gasteiger partial charge in [0.2, 0.25) is 5.16 Å². The highest BCUT2D eigenvalue weighted by molar-refractivity contribution is 8.00. The average Bonchev–Trinajstić information content (AvgIpc) is 3.04. The summed E-state index contributed by atoms with van der Waals surface area (Å²) in [6.45, 7) is 2.12. The fourth-order valence-corrected chi connectivity index (χ4v) is 3.72. The fourth-order valence-electron chi connectivity index (χ4n) is 2.67. The van der Waals surface area contributed by atoms with Crippen molar-refractivity contribution < 1.29 is 4.74 Å². The maximum Gasteiger partial charge on any atom is 0.213 e. The van der Waals surface area contributed by atoms with Gasteiger partial charge in [-0.1, -0.05) is 23.4 Å². The Balaban J connectivity index is 1.78. The van der Waals surface area contributed by atoms with Crippen molar-refractivity contribution in [2.45, 2.75) is 17.3 Å². The Labute approximate surface area is 154 Å². The van der Waals surface area contributed by atoms with E-state index in [0.717, 1.165) is 27.7 Å². The summed E-state index contributed by atoms with van der Waals surface area (Å²) in [5, 5.41) is 15.1. The Morgan fingerprint density at radius 2 is 1.68 bits per heavy atom. The maximum atomic E-state index is 5.98. The summed E-state index contributed by atoms with van der Waals surface area (Å²) < 4.78 is 7.03. The van der Waals surface area contributed by atoms with Gasteiger partial charge in [0.15, 0.2) is 5.82 Å². The number of halogens is 1. The molecule has 1 atom stereocenters. The van der Waals surface area contributed by atoms with E-state index in [4.69, 9.17) is 21.4 Å². The highest BCUT2D eigenvalue weighted by Crippen LogP contribution is 2.33. The lowest BCUT2D eigenvalue weighted by atomic mass is 10.1. The van der Waals surface area contributed by atoms with Gasteiger partial charge >= 0.3 is 0 Å². The Bertz CT molecular complexity index is 935. The predicted octanol–water partition coefficient (Wildman–Crippen LogP) is 4.35. The molecule has 0 spiro atoms. The first-order chi connectivity index (χ1) is 12.2. The predicted molar refractivity (Wildman–Crippen MR) is 101 cm³/mol. The number of hydrogen-bond donors (Lipinski definition) is 0. The number of ether oxygens (including phenoxy) is 1. The van der Waals surface area contributed by atoms with Crippen LogP contribution in [0, 0.1) is 0 Å². The molecule has 0 bridgehead atoms. The van der Waals surface area contributed by atoms with Crippen LogP contribution in [-0.4, -0.2) is 32.9 Å². The Kier molecular flexibility index (Phi) is 4.23. The van der Waals surface area contributed by atoms with Crippen LogP contribution in [0.4, 0.5) is 0 Å². The highest BCUT2D eigenvalue weighted by Gasteiger charge is 2.26. The van der Waals surface area contributed by atoms with Crippen molar-refractivity contribution in [2.24, 2.45) is 5.10 Å². The Morgan fingerprint density at radius 3 is 2.36 bits per heavy atom. The van der Waals surface area contributed by atoms with E-state index in [1.807, 2.05) is 48.5 Å². The van der Waals surface area contributed by atoms with Crippen LogP contribution in [0.1, 0.15) is 12.5 Å². The molecule has 2 aromatic carbocycles. The third-order valence-corrected chi connectivity index (χ3v) is 5.27. The Hall–Kier alpha value is -2.31. The van der Waals surface area contributed by atoms with Crippen LogP contribution in [0.5, 0.6) is 5.75 Å². The topological polar surface area (TPSA) is 52.3 Å². The molecule has 1 aliphatic heterocycles. The quantitative estimate of drug-likeness (QED) is 0.687. The van der Waals surface area contributed by atoms with Gasteiger partial charge in [-0.15, -0.1) is 10.2 Å². The second kappa shape index (κ2) is 6.54. The van der Waals surface area contributed by atoms with E-state index >= 15 is 0 Å². The lowest BCUT2D eigenvalue weighted by Gasteiger charge is -2.20. The first-order valence-electron chi connectivity index (χ1n) is 7.77. The zero-order valence-electron chi connectivity index (χ0n) is 13.7. The van der Waals surface area contributed by atoms with E-state index < -0.39 is 0 Å². The number of benzene rings is 2. The van der Waals surface area contributed by atoms with E-state index in [2.05, 4.69) is 17.1 Å². The van der Waals surface area contributed by atoms with Crippen molar-refractivity contribution in [3.8, 4) is 17.1 Å². The maximum absolute atomic E-state index is 5.98. The molecular formula is C18H15ClN4OS. The molecule has 3 aromatic rings. The van der Waals surface area contributed by atoms with E-state index in [0.29, 0.717) is 10.8 Å². The number of fused-ring (bicyclic) bond motifs is 1. The molecule has 25 heavy (non-hydrogen) atoms. The molecule has 0 N–H and O–H groups in total. The largest absolute Gasteiger partial charge is 0.497 e. The molecular weight excluding hydrogens is 356 g/mol. The number of nitrogens with zero attached hydrogens (tertiary/aromatic N) is 4. The molecule has 2 heterocycles. The first-order valence-corrected chi connectivity index (χ1v) is 9.03. The molecule has 0 fully saturated rings. The smallest absolute Gasteiger partial charge is 0.213 e. The Morgan fingerprint density at radius 1 is 1.00 bits per heavy atom. The summed E-state index contributed by atoms with van der Waals surface area (Å²) in [6.07, 6.45) is 0. The van der Waals surface area contributed by atoms with Gasteiger partial charge in [0.05, 0.1) is 18.1 Å². The summed E-state index contributed by atoms with van der Waals surface area (Å²) >= 11 is 7.62. The third kappa shape index (κ3) is 3.03. The normalized spacial score (nSPS) is 16.3. The summed E-state index contributed by atoms with van der Waals surface area (Å²) in [5.74, 6) is 1.53. The number of aromatic nitrogens is 3. The minimum atomic E-state index is 0.183. The molecule has 126 valence electrons. The second-order valence-electron chi connectivity index (χ2n) is 5.60. The lowest BCUT2D eigenvalue weighted by molar-refractivity contribution is 0.415. The van der Waals surface area contributed by atoms with Crippen molar-refractivity contribution in [1.82, 2.24) is 14.9 Å². The minimum Gasteiger partial charge on any atom is -0.497 e. The average molecular weight is 371 g/mol. The molecule has 0 saturated heterocycles. The zero-order chi connectivity index (χ0) is 17.4. The molecule has 1 aliphatic rings. The van der Waals surface area contributed by atoms with E-state index in [1.54, 1.807) is 23.5 Å². The van der Waals surface area contributed by atoms with Gasteiger partial charge in [0, 0.05) is 10.6 Å². The van der Waals surface area contributed by atoms with Gasteiger partial charge in [-0.2, -0.15) is 9.78 Å². The third-order valence-electron chi connectivity index (χ3n) is 3.98. The summed E-state index contributed by atoms with van der Waals surface area (Å²) in [6, 6.07) is 15.4. The zero-order valence-corrected chi connectivity index (χ0v) is 15.3. The first kappa shape index (κ1) is 16.2. The van der Waals surface area contributed by atoms with E-state index in [9.17, 15) is 0 Å². The molecule has 1 unspecified atom stereocenters. The van der Waals surface area contributed by atoms with Gasteiger partial charge in [-0.05, 0) is 61.0 Å². The van der Waals surface area contributed by atoms with Crippen molar-refractivity contribution in [2.75, 3.05) is 7.11 Å². The molecule has 0 aliphatic carbocycles. The summed E-state index contributed by atoms with van der Waals surface area (Å²) in [4.78, 5) is 0. The van der Waals surface area contributed by atoms with Gasteiger partial charge in [0.1, 0.15) is 5.75 Å². The van der Waals surface area contributed by atoms with Crippen LogP contribution in [0.3, 0.4) is 0 Å². The standard InChI is InChI=1S/C18H15ClN4OS/c1-11-16(12-5-9-15(24-2)10-6-12)22-23-17(20-21-18(23)25-11)13-3-7-14(19)8-4-13/h3-11H,1-2H3. The summed E-state index contributed by atoms with van der Waals surface area (Å²) in [5.41, 5.74) is 2.97. The van der Waals surface area contributed by atoms with Crippen LogP contribution < -0.4 is 4.74 Å². The van der Waals surface area contributed by atoms with Gasteiger partial charge < -0.3 is 4.74 Å². The van der Waals surface area contributed by atoms with Gasteiger partial charge in [-0.3, -0.25) is 0 Å². The summed E-state index contributed by atoms with van der Waals surface area (Å²) in [7, 11) is 1.66. The van der Waals surface area contributed by atoms with Crippen molar-refractivity contribution in [1.29, 1.82) is 0 Å². The van der Waals surface area contributed by atoms with Crippen LogP contribution in [0.15, 0.2) is 58.8 Å². The fraction of sp³-hybridized carbons (Fsp3) is 0.167. The SMILES string of the molecule is COc1ccc(C2=Nn3c(nnc3-c3ccc(Cl)cc3)SC2C)cc1. The van der Waals surface area contributed by atoms with Crippen LogP contribution >= 0.6 is 23.4 Å². The van der Waals surface area contributed by atoms with Crippen LogP contribution in [-0.2, 0) is 0 Å². The van der Waals surface area contributed by atoms with Gasteiger partial charge in [-0.25, -0.2) is 0 Å². The number of hydrogen-bond acceptors (Lipinski definition) is 5. The molecule has 4 rings (SSSR count). The minimum absolute atomic E-state index is 0.183. The second-order valence-corrected chi connectivity index (χ2v) is 7.34. The van der Waals surface area contributed by atoms with Crippen molar-refractivity contribution in [3.05, 3.63) is 59.1 Å². The van der Waals surface area contributed by atoms with Crippen molar-refractivity contribution in [3.63, 3.8) is 0 Å². The van der Waals surface area contributed by atoms with E-state index in [-0.39, 0.29) is 5.25 Å². The molecule has 5 nitrogen and oxygen atoms in total. The molecule has 0 radical (unpaired) electrons. The molecule has 7 heteroatoms. The van der Waals surface area contributed by atoms with Crippen LogP contribution in [0.2, 0.25) is 5.02 Å². The monoisotopic (exact) mass is 370 g/mol. The highest BCUT2D eigenvalue weighted by atomic mass is 35.5. The molecule has 1 aromatic heterocycles. The number of methoxy groups -OCH3 is 1. The molecule has 0 amide bonds. The number of rotatable bonds is 3. The number of thioether (sulfide) groups is 1.